The van der Waals surface area contributed by atoms with Crippen LogP contribution in [0.5, 0.6) is 5.75 Å². The first-order valence-corrected chi connectivity index (χ1v) is 9.60. The molecule has 0 aliphatic carbocycles. The summed E-state index contributed by atoms with van der Waals surface area (Å²) in [5.41, 5.74) is 3.56. The summed E-state index contributed by atoms with van der Waals surface area (Å²) in [5.74, 6) is 1.05. The zero-order chi connectivity index (χ0) is 17.8. The molecule has 4 rings (SSSR count). The number of carbonyl (C=O) groups is 1. The Morgan fingerprint density at radius 1 is 1.12 bits per heavy atom. The van der Waals surface area contributed by atoms with Crippen molar-refractivity contribution in [1.82, 2.24) is 10.2 Å². The maximum Gasteiger partial charge on any atom is 0.224 e. The van der Waals surface area contributed by atoms with E-state index < -0.39 is 0 Å². The van der Waals surface area contributed by atoms with Crippen molar-refractivity contribution in [3.8, 4) is 5.75 Å². The summed E-state index contributed by atoms with van der Waals surface area (Å²) in [4.78, 5) is 15.0. The van der Waals surface area contributed by atoms with Crippen LogP contribution in [0.2, 0.25) is 0 Å². The predicted molar refractivity (Wildman–Crippen MR) is 102 cm³/mol. The minimum atomic E-state index is 0.0870. The Balaban J connectivity index is 1.38. The molecular weight excluding hydrogens is 324 g/mol. The molecule has 0 spiro atoms. The van der Waals surface area contributed by atoms with Gasteiger partial charge in [-0.1, -0.05) is 42.5 Å². The molecule has 4 heteroatoms. The van der Waals surface area contributed by atoms with E-state index in [0.717, 1.165) is 37.4 Å². The smallest absolute Gasteiger partial charge is 0.224 e. The van der Waals surface area contributed by atoms with E-state index in [1.807, 2.05) is 18.2 Å². The molecule has 0 radical (unpaired) electrons. The Morgan fingerprint density at radius 2 is 1.92 bits per heavy atom. The molecule has 1 N–H and O–H groups in total. The molecule has 0 saturated carbocycles. The van der Waals surface area contributed by atoms with E-state index >= 15 is 0 Å². The lowest BCUT2D eigenvalue weighted by Crippen LogP contribution is -2.37. The summed E-state index contributed by atoms with van der Waals surface area (Å²) < 4.78 is 5.54. The van der Waals surface area contributed by atoms with Crippen LogP contribution >= 0.6 is 0 Å². The number of benzene rings is 2. The molecule has 0 bridgehead atoms. The van der Waals surface area contributed by atoms with Crippen molar-refractivity contribution >= 4 is 5.91 Å². The number of ether oxygens (including phenoxy) is 1. The quantitative estimate of drug-likeness (QED) is 0.870. The van der Waals surface area contributed by atoms with Gasteiger partial charge in [-0.2, -0.15) is 0 Å². The normalized spacial score (nSPS) is 17.5. The van der Waals surface area contributed by atoms with Crippen molar-refractivity contribution in [3.05, 3.63) is 65.2 Å². The lowest BCUT2D eigenvalue weighted by molar-refractivity contribution is -0.120. The Hall–Kier alpha value is -2.33. The number of likely N-dealkylation sites (tertiary alicyclic amines) is 1. The number of carbonyl (C=O) groups excluding carboxylic acids is 1. The summed E-state index contributed by atoms with van der Waals surface area (Å²) in [6.45, 7) is 3.64. The van der Waals surface area contributed by atoms with Gasteiger partial charge in [0.05, 0.1) is 19.1 Å². The summed E-state index contributed by atoms with van der Waals surface area (Å²) in [5, 5.41) is 3.16. The fraction of sp³-hybridized carbons (Fsp3) is 0.409. The highest BCUT2D eigenvalue weighted by atomic mass is 16.5. The van der Waals surface area contributed by atoms with Gasteiger partial charge in [-0.15, -0.1) is 0 Å². The second kappa shape index (κ2) is 7.92. The largest absolute Gasteiger partial charge is 0.493 e. The lowest BCUT2D eigenvalue weighted by Gasteiger charge is -2.28. The molecule has 2 aliphatic heterocycles. The molecule has 1 saturated heterocycles. The maximum absolute atomic E-state index is 12.5. The van der Waals surface area contributed by atoms with Crippen LogP contribution in [0.3, 0.4) is 0 Å². The molecule has 1 fully saturated rings. The molecule has 1 atom stereocenters. The summed E-state index contributed by atoms with van der Waals surface area (Å²) in [7, 11) is 0. The number of amides is 1. The van der Waals surface area contributed by atoms with Gasteiger partial charge in [-0.05, 0) is 48.7 Å². The van der Waals surface area contributed by atoms with Crippen molar-refractivity contribution < 1.29 is 9.53 Å². The number of hydrogen-bond acceptors (Lipinski definition) is 3. The fourth-order valence-corrected chi connectivity index (χ4v) is 3.99. The molecule has 4 nitrogen and oxygen atoms in total. The van der Waals surface area contributed by atoms with E-state index in [-0.39, 0.29) is 11.9 Å². The Labute approximate surface area is 155 Å². The summed E-state index contributed by atoms with van der Waals surface area (Å²) in [6, 6.07) is 16.9. The van der Waals surface area contributed by atoms with E-state index in [2.05, 4.69) is 40.5 Å². The van der Waals surface area contributed by atoms with Gasteiger partial charge >= 0.3 is 0 Å². The van der Waals surface area contributed by atoms with Crippen LogP contribution < -0.4 is 10.1 Å². The van der Waals surface area contributed by atoms with Gasteiger partial charge in [0.1, 0.15) is 5.75 Å². The molecule has 1 amide bonds. The van der Waals surface area contributed by atoms with Gasteiger partial charge in [-0.25, -0.2) is 0 Å². The number of nitrogens with zero attached hydrogens (tertiary/aromatic N) is 1. The van der Waals surface area contributed by atoms with Gasteiger partial charge < -0.3 is 10.1 Å². The second-order valence-electron chi connectivity index (χ2n) is 7.19. The fourth-order valence-electron chi connectivity index (χ4n) is 3.99. The van der Waals surface area contributed by atoms with E-state index in [1.54, 1.807) is 0 Å². The van der Waals surface area contributed by atoms with Crippen LogP contribution in [0.1, 0.15) is 35.6 Å². The Bertz CT molecular complexity index is 754. The lowest BCUT2D eigenvalue weighted by atomic mass is 10.0. The Morgan fingerprint density at radius 3 is 2.73 bits per heavy atom. The van der Waals surface area contributed by atoms with E-state index in [4.69, 9.17) is 4.74 Å². The van der Waals surface area contributed by atoms with Crippen molar-refractivity contribution in [2.45, 2.75) is 31.7 Å². The van der Waals surface area contributed by atoms with Crippen LogP contribution in [-0.4, -0.2) is 37.0 Å². The first kappa shape index (κ1) is 17.1. The highest BCUT2D eigenvalue weighted by molar-refractivity contribution is 5.78. The molecule has 2 heterocycles. The molecule has 2 aromatic carbocycles. The van der Waals surface area contributed by atoms with Crippen LogP contribution in [0.4, 0.5) is 0 Å². The minimum Gasteiger partial charge on any atom is -0.493 e. The third-order valence-electron chi connectivity index (χ3n) is 5.38. The first-order chi connectivity index (χ1) is 12.8. The topological polar surface area (TPSA) is 41.6 Å². The van der Waals surface area contributed by atoms with Gasteiger partial charge in [-0.3, -0.25) is 9.69 Å². The summed E-state index contributed by atoms with van der Waals surface area (Å²) in [6.07, 6.45) is 3.85. The third-order valence-corrected chi connectivity index (χ3v) is 5.38. The van der Waals surface area contributed by atoms with Gasteiger partial charge in [0.15, 0.2) is 0 Å². The zero-order valence-corrected chi connectivity index (χ0v) is 15.1. The Kier molecular flexibility index (Phi) is 5.21. The SMILES string of the molecule is O=C(Cc1ccc2c(c1)CCO2)NCC(c1ccccc1)N1CCCC1. The van der Waals surface area contributed by atoms with Gasteiger partial charge in [0.25, 0.3) is 0 Å². The third kappa shape index (κ3) is 3.91. The number of nitrogens with one attached hydrogen (secondary N) is 1. The van der Waals surface area contributed by atoms with Gasteiger partial charge in [0, 0.05) is 13.0 Å². The maximum atomic E-state index is 12.5. The molecule has 26 heavy (non-hydrogen) atoms. The molecule has 0 aromatic heterocycles. The van der Waals surface area contributed by atoms with Crippen LogP contribution in [0.15, 0.2) is 48.5 Å². The van der Waals surface area contributed by atoms with Crippen molar-refractivity contribution in [2.24, 2.45) is 0 Å². The average molecular weight is 350 g/mol. The average Bonchev–Trinajstić information content (AvgIpc) is 3.34. The second-order valence-corrected chi connectivity index (χ2v) is 7.19. The standard InChI is InChI=1S/C22H26N2O2/c25-22(15-17-8-9-21-19(14-17)10-13-26-21)23-16-20(24-11-4-5-12-24)18-6-2-1-3-7-18/h1-3,6-9,14,20H,4-5,10-13,15-16H2,(H,23,25). The van der Waals surface area contributed by atoms with Crippen LogP contribution in [0.25, 0.3) is 0 Å². The van der Waals surface area contributed by atoms with Crippen molar-refractivity contribution in [2.75, 3.05) is 26.2 Å². The molecule has 136 valence electrons. The predicted octanol–water partition coefficient (Wildman–Crippen LogP) is 3.12. The molecular formula is C22H26N2O2. The minimum absolute atomic E-state index is 0.0870. The monoisotopic (exact) mass is 350 g/mol. The van der Waals surface area contributed by atoms with Crippen molar-refractivity contribution in [1.29, 1.82) is 0 Å². The number of fused-ring (bicyclic) bond motifs is 1. The number of hydrogen-bond donors (Lipinski definition) is 1. The highest BCUT2D eigenvalue weighted by Gasteiger charge is 2.23. The zero-order valence-electron chi connectivity index (χ0n) is 15.1. The number of rotatable bonds is 6. The van der Waals surface area contributed by atoms with E-state index in [0.29, 0.717) is 13.0 Å². The van der Waals surface area contributed by atoms with Crippen LogP contribution in [0, 0.1) is 0 Å². The van der Waals surface area contributed by atoms with E-state index in [9.17, 15) is 4.79 Å². The molecule has 1 unspecified atom stereocenters. The van der Waals surface area contributed by atoms with Crippen molar-refractivity contribution in [3.63, 3.8) is 0 Å². The highest BCUT2D eigenvalue weighted by Crippen LogP contribution is 2.26. The van der Waals surface area contributed by atoms with E-state index in [1.165, 1.54) is 24.0 Å². The van der Waals surface area contributed by atoms with Gasteiger partial charge in [0.2, 0.25) is 5.91 Å². The first-order valence-electron chi connectivity index (χ1n) is 9.60. The molecule has 2 aliphatic rings. The summed E-state index contributed by atoms with van der Waals surface area (Å²) >= 11 is 0. The molecule has 2 aromatic rings. The van der Waals surface area contributed by atoms with Crippen LogP contribution in [-0.2, 0) is 17.6 Å².